The van der Waals surface area contributed by atoms with Crippen LogP contribution in [0.4, 0.5) is 0 Å². The summed E-state index contributed by atoms with van der Waals surface area (Å²) in [5, 5.41) is 5.83. The van der Waals surface area contributed by atoms with E-state index in [0.29, 0.717) is 6.10 Å². The molecule has 1 saturated heterocycles. The molecule has 0 amide bonds. The van der Waals surface area contributed by atoms with Crippen LogP contribution in [-0.4, -0.2) is 19.2 Å². The Morgan fingerprint density at radius 2 is 1.94 bits per heavy atom. The van der Waals surface area contributed by atoms with Crippen LogP contribution in [0.2, 0.25) is 0 Å². The third-order valence-corrected chi connectivity index (χ3v) is 3.29. The van der Waals surface area contributed by atoms with Crippen molar-refractivity contribution in [1.82, 2.24) is 5.32 Å². The van der Waals surface area contributed by atoms with Gasteiger partial charge in [0.1, 0.15) is 11.9 Å². The van der Waals surface area contributed by atoms with Gasteiger partial charge >= 0.3 is 0 Å². The Balaban J connectivity index is 1.89. The van der Waals surface area contributed by atoms with Crippen molar-refractivity contribution >= 4 is 10.8 Å². The first-order valence-corrected chi connectivity index (χ1v) is 6.28. The van der Waals surface area contributed by atoms with Crippen LogP contribution in [0, 0.1) is 0 Å². The van der Waals surface area contributed by atoms with E-state index in [1.807, 2.05) is 0 Å². The molecule has 1 aliphatic rings. The number of ether oxygens (including phenoxy) is 1. The Morgan fingerprint density at radius 3 is 2.82 bits per heavy atom. The zero-order chi connectivity index (χ0) is 11.5. The van der Waals surface area contributed by atoms with Gasteiger partial charge in [-0.1, -0.05) is 36.4 Å². The summed E-state index contributed by atoms with van der Waals surface area (Å²) in [6.45, 7) is 2.08. The molecule has 0 bridgehead atoms. The SMILES string of the molecule is c1ccc2c(O[C@@H]3CCCNC3)cccc2c1. The molecule has 88 valence electrons. The van der Waals surface area contributed by atoms with Gasteiger partial charge in [-0.25, -0.2) is 0 Å². The van der Waals surface area contributed by atoms with E-state index in [9.17, 15) is 0 Å². The second-order valence-corrected chi connectivity index (χ2v) is 4.56. The maximum Gasteiger partial charge on any atom is 0.127 e. The molecule has 0 saturated carbocycles. The predicted molar refractivity (Wildman–Crippen MR) is 70.5 cm³/mol. The van der Waals surface area contributed by atoms with Crippen LogP contribution in [0.1, 0.15) is 12.8 Å². The molecule has 1 heterocycles. The Morgan fingerprint density at radius 1 is 1.06 bits per heavy atom. The molecule has 2 aromatic rings. The van der Waals surface area contributed by atoms with E-state index in [-0.39, 0.29) is 0 Å². The topological polar surface area (TPSA) is 21.3 Å². The predicted octanol–water partition coefficient (Wildman–Crippen LogP) is 2.97. The fourth-order valence-corrected chi connectivity index (χ4v) is 2.40. The molecule has 2 nitrogen and oxygen atoms in total. The zero-order valence-electron chi connectivity index (χ0n) is 9.86. The first-order chi connectivity index (χ1) is 8.43. The molecule has 3 rings (SSSR count). The number of benzene rings is 2. The lowest BCUT2D eigenvalue weighted by atomic mass is 10.1. The maximum atomic E-state index is 6.11. The molecule has 17 heavy (non-hydrogen) atoms. The van der Waals surface area contributed by atoms with E-state index in [1.54, 1.807) is 0 Å². The van der Waals surface area contributed by atoms with Gasteiger partial charge in [0.05, 0.1) is 0 Å². The fourth-order valence-electron chi connectivity index (χ4n) is 2.40. The minimum atomic E-state index is 0.314. The number of hydrogen-bond acceptors (Lipinski definition) is 2. The van der Waals surface area contributed by atoms with E-state index in [2.05, 4.69) is 47.8 Å². The average molecular weight is 227 g/mol. The van der Waals surface area contributed by atoms with E-state index in [1.165, 1.54) is 17.2 Å². The number of nitrogens with one attached hydrogen (secondary N) is 1. The highest BCUT2D eigenvalue weighted by atomic mass is 16.5. The molecular weight excluding hydrogens is 210 g/mol. The summed E-state index contributed by atoms with van der Waals surface area (Å²) in [4.78, 5) is 0. The third-order valence-electron chi connectivity index (χ3n) is 3.29. The smallest absolute Gasteiger partial charge is 0.127 e. The highest BCUT2D eigenvalue weighted by Gasteiger charge is 2.15. The van der Waals surface area contributed by atoms with Crippen molar-refractivity contribution in [1.29, 1.82) is 0 Å². The second kappa shape index (κ2) is 4.76. The Labute approximate surface area is 102 Å². The van der Waals surface area contributed by atoms with Crippen molar-refractivity contribution in [3.8, 4) is 5.75 Å². The summed E-state index contributed by atoms with van der Waals surface area (Å²) in [7, 11) is 0. The van der Waals surface area contributed by atoms with Crippen LogP contribution < -0.4 is 10.1 Å². The molecule has 2 aromatic carbocycles. The zero-order valence-corrected chi connectivity index (χ0v) is 9.86. The molecular formula is C15H17NO. The van der Waals surface area contributed by atoms with E-state index in [4.69, 9.17) is 4.74 Å². The largest absolute Gasteiger partial charge is 0.488 e. The van der Waals surface area contributed by atoms with E-state index >= 15 is 0 Å². The van der Waals surface area contributed by atoms with Crippen molar-refractivity contribution in [3.63, 3.8) is 0 Å². The number of rotatable bonds is 2. The first-order valence-electron chi connectivity index (χ1n) is 6.28. The molecule has 0 radical (unpaired) electrons. The Kier molecular flexibility index (Phi) is 2.97. The Bertz CT molecular complexity index is 498. The molecule has 1 atom stereocenters. The van der Waals surface area contributed by atoms with Crippen molar-refractivity contribution in [3.05, 3.63) is 42.5 Å². The normalized spacial score (nSPS) is 20.4. The lowest BCUT2D eigenvalue weighted by Gasteiger charge is -2.24. The van der Waals surface area contributed by atoms with Crippen LogP contribution >= 0.6 is 0 Å². The summed E-state index contributed by atoms with van der Waals surface area (Å²) < 4.78 is 6.11. The Hall–Kier alpha value is -1.54. The maximum absolute atomic E-state index is 6.11. The molecule has 2 heteroatoms. The second-order valence-electron chi connectivity index (χ2n) is 4.56. The lowest BCUT2D eigenvalue weighted by molar-refractivity contribution is 0.169. The van der Waals surface area contributed by atoms with Crippen LogP contribution in [-0.2, 0) is 0 Å². The molecule has 0 aromatic heterocycles. The highest BCUT2D eigenvalue weighted by molar-refractivity contribution is 5.88. The molecule has 1 N–H and O–H groups in total. The van der Waals surface area contributed by atoms with Crippen molar-refractivity contribution in [2.24, 2.45) is 0 Å². The molecule has 0 spiro atoms. The van der Waals surface area contributed by atoms with Crippen LogP contribution in [0.5, 0.6) is 5.75 Å². The van der Waals surface area contributed by atoms with Crippen molar-refractivity contribution in [2.75, 3.05) is 13.1 Å². The monoisotopic (exact) mass is 227 g/mol. The van der Waals surface area contributed by atoms with Gasteiger partial charge in [0.2, 0.25) is 0 Å². The van der Waals surface area contributed by atoms with E-state index < -0.39 is 0 Å². The van der Waals surface area contributed by atoms with Crippen LogP contribution in [0.25, 0.3) is 10.8 Å². The van der Waals surface area contributed by atoms with Gasteiger partial charge in [-0.3, -0.25) is 0 Å². The third kappa shape index (κ3) is 2.27. The van der Waals surface area contributed by atoms with Gasteiger partial charge < -0.3 is 10.1 Å². The molecule has 0 unspecified atom stereocenters. The first kappa shape index (κ1) is 10.6. The van der Waals surface area contributed by atoms with E-state index in [0.717, 1.165) is 25.3 Å². The summed E-state index contributed by atoms with van der Waals surface area (Å²) >= 11 is 0. The van der Waals surface area contributed by atoms with Gasteiger partial charge in [-0.05, 0) is 30.8 Å². The highest BCUT2D eigenvalue weighted by Crippen LogP contribution is 2.26. The fraction of sp³-hybridized carbons (Fsp3) is 0.333. The quantitative estimate of drug-likeness (QED) is 0.851. The molecule has 1 aliphatic heterocycles. The van der Waals surface area contributed by atoms with Gasteiger partial charge in [0, 0.05) is 11.9 Å². The molecule has 1 fully saturated rings. The number of fused-ring (bicyclic) bond motifs is 1. The van der Waals surface area contributed by atoms with Crippen molar-refractivity contribution in [2.45, 2.75) is 18.9 Å². The van der Waals surface area contributed by atoms with Crippen LogP contribution in [0.15, 0.2) is 42.5 Å². The summed E-state index contributed by atoms with van der Waals surface area (Å²) in [6, 6.07) is 14.6. The van der Waals surface area contributed by atoms with Gasteiger partial charge in [0.25, 0.3) is 0 Å². The van der Waals surface area contributed by atoms with Crippen LogP contribution in [0.3, 0.4) is 0 Å². The average Bonchev–Trinajstić information content (AvgIpc) is 2.40. The molecule has 0 aliphatic carbocycles. The number of hydrogen-bond donors (Lipinski definition) is 1. The lowest BCUT2D eigenvalue weighted by Crippen LogP contribution is -2.37. The minimum absolute atomic E-state index is 0.314. The minimum Gasteiger partial charge on any atom is -0.488 e. The number of piperidine rings is 1. The van der Waals surface area contributed by atoms with Gasteiger partial charge in [-0.15, -0.1) is 0 Å². The standard InChI is InChI=1S/C15H17NO/c1-2-8-14-12(5-1)6-3-9-15(14)17-13-7-4-10-16-11-13/h1-3,5-6,8-9,13,16H,4,7,10-11H2/t13-/m1/s1. The summed E-state index contributed by atoms with van der Waals surface area (Å²) in [5.74, 6) is 1.01. The summed E-state index contributed by atoms with van der Waals surface area (Å²) in [5.41, 5.74) is 0. The summed E-state index contributed by atoms with van der Waals surface area (Å²) in [6.07, 6.45) is 2.67. The van der Waals surface area contributed by atoms with Crippen molar-refractivity contribution < 1.29 is 4.74 Å². The van der Waals surface area contributed by atoms with Gasteiger partial charge in [-0.2, -0.15) is 0 Å². The van der Waals surface area contributed by atoms with Gasteiger partial charge in [0.15, 0.2) is 0 Å².